The van der Waals surface area contributed by atoms with Crippen molar-refractivity contribution < 1.29 is 22.7 Å². The highest BCUT2D eigenvalue weighted by atomic mass is 19.1. The van der Waals surface area contributed by atoms with Crippen molar-refractivity contribution in [1.82, 2.24) is 5.32 Å². The summed E-state index contributed by atoms with van der Waals surface area (Å²) in [4.78, 5) is 24.5. The fraction of sp³-hybridized carbons (Fsp3) is 0.524. The fourth-order valence-electron chi connectivity index (χ4n) is 3.03. The number of carbonyl (C=O) groups is 1. The Morgan fingerprint density at radius 1 is 1.24 bits per heavy atom. The first-order valence-electron chi connectivity index (χ1n) is 9.94. The van der Waals surface area contributed by atoms with Gasteiger partial charge < -0.3 is 20.2 Å². The van der Waals surface area contributed by atoms with Crippen LogP contribution in [0.1, 0.15) is 50.2 Å². The van der Waals surface area contributed by atoms with E-state index in [9.17, 15) is 18.4 Å². The molecule has 1 heterocycles. The van der Waals surface area contributed by atoms with Crippen molar-refractivity contribution in [3.8, 4) is 5.75 Å². The van der Waals surface area contributed by atoms with E-state index >= 15 is 0 Å². The van der Waals surface area contributed by atoms with Gasteiger partial charge in [0.05, 0.1) is 18.6 Å². The molecular weight excluding hydrogens is 382 g/mol. The van der Waals surface area contributed by atoms with Crippen LogP contribution in [-0.4, -0.2) is 25.6 Å². The van der Waals surface area contributed by atoms with Crippen molar-refractivity contribution >= 4 is 16.9 Å². The van der Waals surface area contributed by atoms with Gasteiger partial charge in [-0.2, -0.15) is 4.39 Å². The summed E-state index contributed by atoms with van der Waals surface area (Å²) in [5, 5.41) is 2.85. The van der Waals surface area contributed by atoms with E-state index in [0.717, 1.165) is 31.7 Å². The first-order valence-corrected chi connectivity index (χ1v) is 9.94. The highest BCUT2D eigenvalue weighted by Gasteiger charge is 2.22. The van der Waals surface area contributed by atoms with Gasteiger partial charge in [-0.3, -0.25) is 4.79 Å². The number of fused-ring (bicyclic) bond motifs is 1. The van der Waals surface area contributed by atoms with Crippen molar-refractivity contribution in [2.24, 2.45) is 5.73 Å². The summed E-state index contributed by atoms with van der Waals surface area (Å²) in [5.41, 5.74) is 4.53. The maximum Gasteiger partial charge on any atom is 0.340 e. The van der Waals surface area contributed by atoms with Crippen LogP contribution in [0.25, 0.3) is 11.0 Å². The van der Waals surface area contributed by atoms with E-state index in [0.29, 0.717) is 25.1 Å². The Labute approximate surface area is 168 Å². The fourth-order valence-corrected chi connectivity index (χ4v) is 3.03. The Morgan fingerprint density at radius 3 is 2.69 bits per heavy atom. The molecular formula is C21H28F2N2O4. The Bertz CT molecular complexity index is 912. The van der Waals surface area contributed by atoms with Crippen molar-refractivity contribution in [3.63, 3.8) is 0 Å². The number of benzene rings is 1. The molecule has 0 saturated heterocycles. The van der Waals surface area contributed by atoms with Gasteiger partial charge in [-0.15, -0.1) is 0 Å². The molecule has 1 amide bonds. The minimum absolute atomic E-state index is 0.0373. The number of halogens is 2. The summed E-state index contributed by atoms with van der Waals surface area (Å²) in [6.45, 7) is 4.51. The quantitative estimate of drug-likeness (QED) is 0.438. The Hall–Kier alpha value is -2.48. The van der Waals surface area contributed by atoms with Gasteiger partial charge in [0.2, 0.25) is 11.7 Å². The van der Waals surface area contributed by atoms with E-state index in [1.54, 1.807) is 0 Å². The third-order valence-electron chi connectivity index (χ3n) is 4.71. The standard InChI is InChI=1S/C21H28F2N2O4/c1-3-4-5-6-9-25-17(26)12-15-13(2)14-11-16(22)20(28-10-7-8-24)18(23)19(14)29-21(15)27/h11H,3-10,12,24H2,1-2H3,(H,25,26). The Morgan fingerprint density at radius 2 is 2.00 bits per heavy atom. The molecule has 0 bridgehead atoms. The number of hydrogen-bond donors (Lipinski definition) is 2. The molecule has 29 heavy (non-hydrogen) atoms. The number of carbonyl (C=O) groups excluding carboxylic acids is 1. The molecule has 0 spiro atoms. The average Bonchev–Trinajstić information content (AvgIpc) is 2.69. The van der Waals surface area contributed by atoms with Gasteiger partial charge in [0.25, 0.3) is 0 Å². The van der Waals surface area contributed by atoms with Gasteiger partial charge in [0, 0.05) is 11.9 Å². The summed E-state index contributed by atoms with van der Waals surface area (Å²) >= 11 is 0. The Balaban J connectivity index is 2.24. The minimum Gasteiger partial charge on any atom is -0.487 e. The maximum absolute atomic E-state index is 14.7. The van der Waals surface area contributed by atoms with E-state index in [1.807, 2.05) is 0 Å². The molecule has 8 heteroatoms. The third kappa shape index (κ3) is 5.76. The van der Waals surface area contributed by atoms with Crippen LogP contribution in [0, 0.1) is 18.6 Å². The smallest absolute Gasteiger partial charge is 0.340 e. The predicted octanol–water partition coefficient (Wildman–Crippen LogP) is 3.35. The van der Waals surface area contributed by atoms with Crippen LogP contribution in [0.4, 0.5) is 8.78 Å². The molecule has 0 saturated carbocycles. The lowest BCUT2D eigenvalue weighted by Crippen LogP contribution is -2.28. The number of aryl methyl sites for hydroxylation is 1. The van der Waals surface area contributed by atoms with Gasteiger partial charge in [-0.1, -0.05) is 26.2 Å². The molecule has 0 unspecified atom stereocenters. The van der Waals surface area contributed by atoms with Crippen molar-refractivity contribution in [2.75, 3.05) is 19.7 Å². The normalized spacial score (nSPS) is 11.1. The summed E-state index contributed by atoms with van der Waals surface area (Å²) in [5.74, 6) is -2.93. The molecule has 0 fully saturated rings. The number of unbranched alkanes of at least 4 members (excludes halogenated alkanes) is 3. The zero-order valence-corrected chi connectivity index (χ0v) is 16.9. The van der Waals surface area contributed by atoms with E-state index in [1.165, 1.54) is 6.92 Å². The summed E-state index contributed by atoms with van der Waals surface area (Å²) in [6, 6.07) is 1.06. The second kappa shape index (κ2) is 10.9. The van der Waals surface area contributed by atoms with E-state index in [2.05, 4.69) is 12.2 Å². The van der Waals surface area contributed by atoms with Gasteiger partial charge in [-0.25, -0.2) is 9.18 Å². The molecule has 0 radical (unpaired) electrons. The van der Waals surface area contributed by atoms with Gasteiger partial charge in [-0.05, 0) is 37.9 Å². The molecule has 0 atom stereocenters. The van der Waals surface area contributed by atoms with Gasteiger partial charge in [0.15, 0.2) is 17.1 Å². The number of hydrogen-bond acceptors (Lipinski definition) is 5. The molecule has 0 aliphatic rings. The summed E-state index contributed by atoms with van der Waals surface area (Å²) in [6.07, 6.45) is 4.27. The van der Waals surface area contributed by atoms with Crippen LogP contribution in [0.2, 0.25) is 0 Å². The molecule has 1 aromatic heterocycles. The van der Waals surface area contributed by atoms with E-state index < -0.39 is 23.0 Å². The van der Waals surface area contributed by atoms with Crippen molar-refractivity contribution in [2.45, 2.75) is 52.4 Å². The predicted molar refractivity (Wildman–Crippen MR) is 107 cm³/mol. The highest BCUT2D eigenvalue weighted by Crippen LogP contribution is 2.31. The lowest BCUT2D eigenvalue weighted by molar-refractivity contribution is -0.120. The monoisotopic (exact) mass is 410 g/mol. The van der Waals surface area contributed by atoms with Crippen LogP contribution < -0.4 is 21.4 Å². The van der Waals surface area contributed by atoms with E-state index in [-0.39, 0.29) is 35.5 Å². The maximum atomic E-state index is 14.7. The summed E-state index contributed by atoms with van der Waals surface area (Å²) < 4.78 is 39.2. The zero-order valence-electron chi connectivity index (χ0n) is 16.9. The zero-order chi connectivity index (χ0) is 21.4. The molecule has 160 valence electrons. The largest absolute Gasteiger partial charge is 0.487 e. The van der Waals surface area contributed by atoms with Crippen molar-refractivity contribution in [1.29, 1.82) is 0 Å². The molecule has 0 aliphatic heterocycles. The van der Waals surface area contributed by atoms with Crippen LogP contribution >= 0.6 is 0 Å². The topological polar surface area (TPSA) is 94.6 Å². The van der Waals surface area contributed by atoms with Crippen LogP contribution in [0.5, 0.6) is 5.75 Å². The number of nitrogens with two attached hydrogens (primary N) is 1. The molecule has 0 aliphatic carbocycles. The number of ether oxygens (including phenoxy) is 1. The number of rotatable bonds is 11. The number of amides is 1. The molecule has 6 nitrogen and oxygen atoms in total. The SMILES string of the molecule is CCCCCCNC(=O)Cc1c(C)c2cc(F)c(OCCCN)c(F)c2oc1=O. The second-order valence-electron chi connectivity index (χ2n) is 6.95. The first-order chi connectivity index (χ1) is 13.9. The molecule has 3 N–H and O–H groups in total. The number of nitrogens with one attached hydrogen (secondary N) is 1. The Kier molecular flexibility index (Phi) is 8.57. The van der Waals surface area contributed by atoms with Crippen LogP contribution in [0.15, 0.2) is 15.3 Å². The minimum atomic E-state index is -1.08. The lowest BCUT2D eigenvalue weighted by atomic mass is 10.0. The second-order valence-corrected chi connectivity index (χ2v) is 6.95. The van der Waals surface area contributed by atoms with Crippen LogP contribution in [-0.2, 0) is 11.2 Å². The first kappa shape index (κ1) is 22.8. The van der Waals surface area contributed by atoms with Gasteiger partial charge >= 0.3 is 5.63 Å². The third-order valence-corrected chi connectivity index (χ3v) is 4.71. The van der Waals surface area contributed by atoms with Gasteiger partial charge in [0.1, 0.15) is 0 Å². The molecule has 1 aromatic carbocycles. The summed E-state index contributed by atoms with van der Waals surface area (Å²) in [7, 11) is 0. The molecule has 2 rings (SSSR count). The highest BCUT2D eigenvalue weighted by molar-refractivity contribution is 5.85. The molecule has 2 aromatic rings. The van der Waals surface area contributed by atoms with Crippen molar-refractivity contribution in [3.05, 3.63) is 39.2 Å². The lowest BCUT2D eigenvalue weighted by Gasteiger charge is -2.12. The van der Waals surface area contributed by atoms with E-state index in [4.69, 9.17) is 14.9 Å². The average molecular weight is 410 g/mol. The van der Waals surface area contributed by atoms with Crippen LogP contribution in [0.3, 0.4) is 0 Å².